The van der Waals surface area contributed by atoms with Crippen molar-refractivity contribution in [3.63, 3.8) is 0 Å². The number of aryl methyl sites for hydroxylation is 2. The quantitative estimate of drug-likeness (QED) is 0.562. The molecule has 6 nitrogen and oxygen atoms in total. The highest BCUT2D eigenvalue weighted by molar-refractivity contribution is 7.85. The number of nitrogens with zero attached hydrogens (tertiary/aromatic N) is 3. The molecule has 1 aromatic rings. The van der Waals surface area contributed by atoms with Gasteiger partial charge in [0.25, 0.3) is 10.1 Å². The van der Waals surface area contributed by atoms with Gasteiger partial charge in [-0.25, -0.2) is 9.13 Å². The van der Waals surface area contributed by atoms with Crippen LogP contribution in [0.15, 0.2) is 18.7 Å². The monoisotopic (exact) mass is 244 g/mol. The van der Waals surface area contributed by atoms with Gasteiger partial charge >= 0.3 is 0 Å². The lowest BCUT2D eigenvalue weighted by Gasteiger charge is -1.95. The molecule has 0 atom stereocenters. The lowest BCUT2D eigenvalue weighted by atomic mass is 10.5. The van der Waals surface area contributed by atoms with Crippen molar-refractivity contribution in [2.24, 2.45) is 0 Å². The van der Waals surface area contributed by atoms with Crippen LogP contribution in [0.25, 0.3) is 0 Å². The Morgan fingerprint density at radius 2 is 2.25 bits per heavy atom. The molecule has 1 N–H and O–H groups in total. The van der Waals surface area contributed by atoms with Crippen LogP contribution >= 0.6 is 0 Å². The lowest BCUT2D eigenvalue weighted by molar-refractivity contribution is -0.695. The molecule has 0 saturated heterocycles. The molecule has 0 fully saturated rings. The smallest absolute Gasteiger partial charge is 0.265 e. The van der Waals surface area contributed by atoms with E-state index in [-0.39, 0.29) is 5.75 Å². The molecule has 0 aliphatic carbocycles. The van der Waals surface area contributed by atoms with E-state index in [4.69, 9.17) is 9.81 Å². The zero-order valence-corrected chi connectivity index (χ0v) is 9.60. The largest absolute Gasteiger partial charge is 0.286 e. The van der Waals surface area contributed by atoms with Gasteiger partial charge < -0.3 is 0 Å². The summed E-state index contributed by atoms with van der Waals surface area (Å²) >= 11 is 0. The molecule has 1 aromatic heterocycles. The van der Waals surface area contributed by atoms with Crippen LogP contribution < -0.4 is 4.57 Å². The average Bonchev–Trinajstić information content (AvgIpc) is 2.61. The summed E-state index contributed by atoms with van der Waals surface area (Å²) in [5.41, 5.74) is 0. The van der Waals surface area contributed by atoms with Gasteiger partial charge in [0, 0.05) is 6.42 Å². The van der Waals surface area contributed by atoms with Crippen LogP contribution in [-0.4, -0.2) is 23.3 Å². The highest BCUT2D eigenvalue weighted by Crippen LogP contribution is 1.93. The summed E-state index contributed by atoms with van der Waals surface area (Å²) < 4.78 is 33.2. The molecule has 88 valence electrons. The summed E-state index contributed by atoms with van der Waals surface area (Å²) in [6.07, 6.45) is 6.25. The number of hydrogen-bond donors (Lipinski definition) is 1. The Hall–Kier alpha value is -1.39. The Bertz CT molecular complexity index is 472. The van der Waals surface area contributed by atoms with Crippen LogP contribution in [0.4, 0.5) is 0 Å². The molecule has 1 rings (SSSR count). The van der Waals surface area contributed by atoms with Crippen molar-refractivity contribution in [1.29, 1.82) is 5.26 Å². The number of imidazole rings is 1. The first kappa shape index (κ1) is 12.7. The number of nitriles is 1. The Labute approximate surface area is 94.5 Å². The summed E-state index contributed by atoms with van der Waals surface area (Å²) in [6.45, 7) is 1.15. The fourth-order valence-corrected chi connectivity index (χ4v) is 1.81. The SMILES string of the molecule is N#CCC[n+]1ccn(CCCS(=O)(=O)O)c1. The van der Waals surface area contributed by atoms with Crippen LogP contribution in [-0.2, 0) is 23.2 Å². The molecule has 0 spiro atoms. The van der Waals surface area contributed by atoms with Crippen molar-refractivity contribution >= 4 is 10.1 Å². The van der Waals surface area contributed by atoms with Gasteiger partial charge in [0.2, 0.25) is 6.33 Å². The Balaban J connectivity index is 2.38. The van der Waals surface area contributed by atoms with Gasteiger partial charge in [0.15, 0.2) is 0 Å². The van der Waals surface area contributed by atoms with E-state index in [0.717, 1.165) is 0 Å². The Morgan fingerprint density at radius 3 is 2.88 bits per heavy atom. The summed E-state index contributed by atoms with van der Waals surface area (Å²) in [7, 11) is -3.86. The predicted octanol–water partition coefficient (Wildman–Crippen LogP) is -0.0328. The zero-order chi connectivity index (χ0) is 12.0. The van der Waals surface area contributed by atoms with Gasteiger partial charge in [-0.1, -0.05) is 0 Å². The third-order valence-corrected chi connectivity index (χ3v) is 2.85. The number of aromatic nitrogens is 2. The number of hydrogen-bond acceptors (Lipinski definition) is 3. The van der Waals surface area contributed by atoms with Gasteiger partial charge in [0.05, 0.1) is 24.8 Å². The maximum atomic E-state index is 10.5. The summed E-state index contributed by atoms with van der Waals surface area (Å²) in [5.74, 6) is -0.233. The highest BCUT2D eigenvalue weighted by atomic mass is 32.2. The Kier molecular flexibility index (Phi) is 4.46. The Morgan fingerprint density at radius 1 is 1.50 bits per heavy atom. The van der Waals surface area contributed by atoms with E-state index in [2.05, 4.69) is 0 Å². The van der Waals surface area contributed by atoms with Gasteiger partial charge in [-0.3, -0.25) is 4.55 Å². The van der Waals surface area contributed by atoms with Crippen LogP contribution in [0, 0.1) is 11.3 Å². The van der Waals surface area contributed by atoms with Crippen molar-refractivity contribution in [3.05, 3.63) is 18.7 Å². The second kappa shape index (κ2) is 5.63. The summed E-state index contributed by atoms with van der Waals surface area (Å²) in [4.78, 5) is 0. The standard InChI is InChI=1S/C9H13N3O3S/c10-3-1-4-11-6-7-12(9-11)5-2-8-16(13,14)15/h6-7,9H,1-2,4-5,8H2/p+1. The van der Waals surface area contributed by atoms with Crippen LogP contribution in [0.1, 0.15) is 12.8 Å². The summed E-state index contributed by atoms with van der Waals surface area (Å²) in [6, 6.07) is 2.05. The minimum Gasteiger partial charge on any atom is -0.286 e. The molecular formula is C9H14N3O3S+. The van der Waals surface area contributed by atoms with Gasteiger partial charge in [-0.2, -0.15) is 13.7 Å². The van der Waals surface area contributed by atoms with E-state index in [0.29, 0.717) is 25.9 Å². The van der Waals surface area contributed by atoms with E-state index in [1.165, 1.54) is 0 Å². The molecule has 0 aliphatic rings. The van der Waals surface area contributed by atoms with E-state index in [1.54, 1.807) is 12.5 Å². The second-order valence-corrected chi connectivity index (χ2v) is 5.01. The first-order chi connectivity index (χ1) is 7.51. The third-order valence-electron chi connectivity index (χ3n) is 2.05. The second-order valence-electron chi connectivity index (χ2n) is 3.44. The molecule has 16 heavy (non-hydrogen) atoms. The zero-order valence-electron chi connectivity index (χ0n) is 8.78. The minimum atomic E-state index is -3.86. The van der Waals surface area contributed by atoms with Crippen LogP contribution in [0.3, 0.4) is 0 Å². The molecule has 0 aliphatic heterocycles. The van der Waals surface area contributed by atoms with Crippen molar-refractivity contribution in [2.45, 2.75) is 25.9 Å². The predicted molar refractivity (Wildman–Crippen MR) is 55.9 cm³/mol. The maximum Gasteiger partial charge on any atom is 0.265 e. The van der Waals surface area contributed by atoms with Crippen molar-refractivity contribution in [3.8, 4) is 6.07 Å². The van der Waals surface area contributed by atoms with Gasteiger partial charge in [0.1, 0.15) is 18.9 Å². The van der Waals surface area contributed by atoms with Crippen molar-refractivity contribution in [2.75, 3.05) is 5.75 Å². The third kappa shape index (κ3) is 4.91. The van der Waals surface area contributed by atoms with E-state index < -0.39 is 10.1 Å². The molecule has 0 amide bonds. The topological polar surface area (TPSA) is 87.0 Å². The molecule has 0 radical (unpaired) electrons. The molecule has 0 unspecified atom stereocenters. The maximum absolute atomic E-state index is 10.5. The lowest BCUT2D eigenvalue weighted by Crippen LogP contribution is -2.30. The average molecular weight is 244 g/mol. The van der Waals surface area contributed by atoms with Gasteiger partial charge in [-0.15, -0.1) is 0 Å². The van der Waals surface area contributed by atoms with Crippen molar-refractivity contribution in [1.82, 2.24) is 4.57 Å². The highest BCUT2D eigenvalue weighted by Gasteiger charge is 2.07. The first-order valence-electron chi connectivity index (χ1n) is 4.88. The summed E-state index contributed by atoms with van der Waals surface area (Å²) in [5, 5.41) is 8.40. The van der Waals surface area contributed by atoms with E-state index >= 15 is 0 Å². The normalized spacial score (nSPS) is 11.2. The minimum absolute atomic E-state index is 0.233. The molecule has 0 aromatic carbocycles. The van der Waals surface area contributed by atoms with Crippen LogP contribution in [0.2, 0.25) is 0 Å². The van der Waals surface area contributed by atoms with Crippen molar-refractivity contribution < 1.29 is 17.5 Å². The molecule has 1 heterocycles. The molecular weight excluding hydrogens is 230 g/mol. The molecule has 7 heteroatoms. The van der Waals surface area contributed by atoms with Gasteiger partial charge in [-0.05, 0) is 0 Å². The first-order valence-corrected chi connectivity index (χ1v) is 6.49. The van der Waals surface area contributed by atoms with E-state index in [9.17, 15) is 8.42 Å². The molecule has 0 saturated carbocycles. The fourth-order valence-electron chi connectivity index (χ4n) is 1.31. The molecule has 0 bridgehead atoms. The fraction of sp³-hybridized carbons (Fsp3) is 0.556. The number of rotatable bonds is 6. The van der Waals surface area contributed by atoms with Crippen LogP contribution in [0.5, 0.6) is 0 Å². The van der Waals surface area contributed by atoms with E-state index in [1.807, 2.05) is 21.4 Å².